The van der Waals surface area contributed by atoms with Crippen LogP contribution in [0, 0.1) is 18.8 Å². The Labute approximate surface area is 118 Å². The summed E-state index contributed by atoms with van der Waals surface area (Å²) < 4.78 is 0. The van der Waals surface area contributed by atoms with Crippen molar-refractivity contribution in [2.75, 3.05) is 0 Å². The Hall–Kier alpha value is -2.10. The molecule has 0 aliphatic heterocycles. The summed E-state index contributed by atoms with van der Waals surface area (Å²) in [6.07, 6.45) is 4.48. The average Bonchev–Trinajstić information content (AvgIpc) is 2.46. The molecule has 0 radical (unpaired) electrons. The summed E-state index contributed by atoms with van der Waals surface area (Å²) in [7, 11) is 0. The third-order valence-electron chi connectivity index (χ3n) is 3.66. The fraction of sp³-hybridized carbons (Fsp3) is 0.375. The Morgan fingerprint density at radius 2 is 1.75 bits per heavy atom. The van der Waals surface area contributed by atoms with Crippen molar-refractivity contribution in [3.63, 3.8) is 0 Å². The second kappa shape index (κ2) is 6.37. The Kier molecular flexibility index (Phi) is 4.56. The minimum atomic E-state index is -1.15. The summed E-state index contributed by atoms with van der Waals surface area (Å²) in [5.74, 6) is -2.62. The molecule has 106 valence electrons. The number of nitrogens with one attached hydrogen (secondary N) is 1. The SMILES string of the molecule is Cc1ccc(CNC(=O)[C@@H]2CC=CC[C@@H]2C(=O)[O-])cc1. The number of carboxylic acid groups (broad SMARTS) is 1. The van der Waals surface area contributed by atoms with E-state index in [1.165, 1.54) is 0 Å². The molecule has 1 N–H and O–H groups in total. The highest BCUT2D eigenvalue weighted by Crippen LogP contribution is 2.25. The highest BCUT2D eigenvalue weighted by Gasteiger charge is 2.29. The van der Waals surface area contributed by atoms with E-state index in [-0.39, 0.29) is 5.91 Å². The number of amides is 1. The van der Waals surface area contributed by atoms with Crippen LogP contribution in [0.25, 0.3) is 0 Å². The Morgan fingerprint density at radius 1 is 1.15 bits per heavy atom. The van der Waals surface area contributed by atoms with Crippen LogP contribution in [0.2, 0.25) is 0 Å². The normalized spacial score (nSPS) is 21.4. The quantitative estimate of drug-likeness (QED) is 0.829. The van der Waals surface area contributed by atoms with E-state index in [0.29, 0.717) is 19.4 Å². The zero-order valence-electron chi connectivity index (χ0n) is 11.5. The molecule has 0 bridgehead atoms. The summed E-state index contributed by atoms with van der Waals surface area (Å²) in [5.41, 5.74) is 2.16. The van der Waals surface area contributed by atoms with E-state index in [4.69, 9.17) is 0 Å². The number of carboxylic acids is 1. The monoisotopic (exact) mass is 272 g/mol. The predicted molar refractivity (Wildman–Crippen MR) is 73.4 cm³/mol. The number of aliphatic carboxylic acids is 1. The zero-order valence-corrected chi connectivity index (χ0v) is 11.5. The molecular formula is C16H18NO3-. The van der Waals surface area contributed by atoms with Crippen LogP contribution in [0.4, 0.5) is 0 Å². The molecule has 2 rings (SSSR count). The smallest absolute Gasteiger partial charge is 0.224 e. The average molecular weight is 272 g/mol. The van der Waals surface area contributed by atoms with Gasteiger partial charge in [-0.05, 0) is 25.3 Å². The molecule has 0 unspecified atom stereocenters. The molecule has 0 saturated carbocycles. The van der Waals surface area contributed by atoms with Crippen LogP contribution in [-0.2, 0) is 16.1 Å². The molecule has 4 heteroatoms. The molecular weight excluding hydrogens is 254 g/mol. The van der Waals surface area contributed by atoms with E-state index >= 15 is 0 Å². The van der Waals surface area contributed by atoms with Gasteiger partial charge in [0.1, 0.15) is 0 Å². The van der Waals surface area contributed by atoms with Crippen LogP contribution in [0.5, 0.6) is 0 Å². The van der Waals surface area contributed by atoms with Gasteiger partial charge in [0.25, 0.3) is 0 Å². The van der Waals surface area contributed by atoms with Gasteiger partial charge in [-0.1, -0.05) is 42.0 Å². The van der Waals surface area contributed by atoms with Crippen molar-refractivity contribution in [2.45, 2.75) is 26.3 Å². The van der Waals surface area contributed by atoms with Crippen LogP contribution < -0.4 is 10.4 Å². The molecule has 1 aliphatic rings. The van der Waals surface area contributed by atoms with Crippen molar-refractivity contribution in [1.29, 1.82) is 0 Å². The van der Waals surface area contributed by atoms with Crippen molar-refractivity contribution in [1.82, 2.24) is 5.32 Å². The molecule has 0 heterocycles. The first-order valence-electron chi connectivity index (χ1n) is 6.77. The van der Waals surface area contributed by atoms with Gasteiger partial charge in [-0.3, -0.25) is 4.79 Å². The number of aryl methyl sites for hydroxylation is 1. The van der Waals surface area contributed by atoms with Gasteiger partial charge in [0.05, 0.1) is 0 Å². The van der Waals surface area contributed by atoms with E-state index in [0.717, 1.165) is 11.1 Å². The molecule has 2 atom stereocenters. The summed E-state index contributed by atoms with van der Waals surface area (Å²) in [6, 6.07) is 7.86. The number of rotatable bonds is 4. The lowest BCUT2D eigenvalue weighted by molar-refractivity contribution is -0.313. The Bertz CT molecular complexity index is 519. The molecule has 0 spiro atoms. The largest absolute Gasteiger partial charge is 0.550 e. The standard InChI is InChI=1S/C16H19NO3/c1-11-6-8-12(9-7-11)10-17-15(18)13-4-2-3-5-14(13)16(19)20/h2-3,6-9,13-14H,4-5,10H2,1H3,(H,17,18)(H,19,20)/p-1/t13-,14+/m1/s1. The second-order valence-electron chi connectivity index (χ2n) is 5.18. The van der Waals surface area contributed by atoms with Crippen molar-refractivity contribution >= 4 is 11.9 Å². The van der Waals surface area contributed by atoms with Crippen LogP contribution in [-0.4, -0.2) is 11.9 Å². The first-order chi connectivity index (χ1) is 9.58. The molecule has 1 aromatic rings. The van der Waals surface area contributed by atoms with Crippen molar-refractivity contribution < 1.29 is 14.7 Å². The zero-order chi connectivity index (χ0) is 14.5. The van der Waals surface area contributed by atoms with Gasteiger partial charge in [0.15, 0.2) is 0 Å². The van der Waals surface area contributed by atoms with Gasteiger partial charge < -0.3 is 15.2 Å². The predicted octanol–water partition coefficient (Wildman–Crippen LogP) is 0.944. The van der Waals surface area contributed by atoms with E-state index in [1.807, 2.05) is 37.3 Å². The first kappa shape index (κ1) is 14.3. The third kappa shape index (κ3) is 3.47. The topological polar surface area (TPSA) is 69.2 Å². The highest BCUT2D eigenvalue weighted by molar-refractivity contribution is 5.84. The number of hydrogen-bond donors (Lipinski definition) is 1. The van der Waals surface area contributed by atoms with Crippen LogP contribution in [0.3, 0.4) is 0 Å². The fourth-order valence-corrected chi connectivity index (χ4v) is 2.39. The minimum Gasteiger partial charge on any atom is -0.550 e. The van der Waals surface area contributed by atoms with Crippen LogP contribution in [0.1, 0.15) is 24.0 Å². The maximum Gasteiger partial charge on any atom is 0.224 e. The van der Waals surface area contributed by atoms with Crippen molar-refractivity contribution in [2.24, 2.45) is 11.8 Å². The summed E-state index contributed by atoms with van der Waals surface area (Å²) >= 11 is 0. The van der Waals surface area contributed by atoms with Gasteiger partial charge in [0, 0.05) is 24.3 Å². The maximum atomic E-state index is 12.1. The lowest BCUT2D eigenvalue weighted by Crippen LogP contribution is -2.43. The summed E-state index contributed by atoms with van der Waals surface area (Å²) in [6.45, 7) is 2.42. The Morgan fingerprint density at radius 3 is 2.35 bits per heavy atom. The highest BCUT2D eigenvalue weighted by atomic mass is 16.4. The van der Waals surface area contributed by atoms with Crippen molar-refractivity contribution in [3.05, 3.63) is 47.5 Å². The molecule has 20 heavy (non-hydrogen) atoms. The molecule has 1 amide bonds. The number of hydrogen-bond acceptors (Lipinski definition) is 3. The van der Waals surface area contributed by atoms with E-state index in [2.05, 4.69) is 5.32 Å². The molecule has 1 aliphatic carbocycles. The number of allylic oxidation sites excluding steroid dienone is 2. The maximum absolute atomic E-state index is 12.1. The van der Waals surface area contributed by atoms with Gasteiger partial charge in [-0.2, -0.15) is 0 Å². The van der Waals surface area contributed by atoms with E-state index in [9.17, 15) is 14.7 Å². The fourth-order valence-electron chi connectivity index (χ4n) is 2.39. The van der Waals surface area contributed by atoms with Gasteiger partial charge in [0.2, 0.25) is 5.91 Å². The summed E-state index contributed by atoms with van der Waals surface area (Å²) in [5, 5.41) is 13.9. The third-order valence-corrected chi connectivity index (χ3v) is 3.66. The van der Waals surface area contributed by atoms with E-state index < -0.39 is 17.8 Å². The molecule has 1 aromatic carbocycles. The number of carbonyl (C=O) groups is 2. The van der Waals surface area contributed by atoms with Crippen LogP contribution >= 0.6 is 0 Å². The second-order valence-corrected chi connectivity index (χ2v) is 5.18. The first-order valence-corrected chi connectivity index (χ1v) is 6.77. The molecule has 0 fully saturated rings. The minimum absolute atomic E-state index is 0.218. The van der Waals surface area contributed by atoms with Crippen molar-refractivity contribution in [3.8, 4) is 0 Å². The van der Waals surface area contributed by atoms with E-state index in [1.54, 1.807) is 6.08 Å². The lowest BCUT2D eigenvalue weighted by Gasteiger charge is -2.28. The van der Waals surface area contributed by atoms with Gasteiger partial charge in [-0.25, -0.2) is 0 Å². The lowest BCUT2D eigenvalue weighted by atomic mass is 9.82. The molecule has 0 aromatic heterocycles. The molecule has 4 nitrogen and oxygen atoms in total. The molecule has 0 saturated heterocycles. The Balaban J connectivity index is 1.95. The van der Waals surface area contributed by atoms with Gasteiger partial charge >= 0.3 is 0 Å². The van der Waals surface area contributed by atoms with Gasteiger partial charge in [-0.15, -0.1) is 0 Å². The number of carbonyl (C=O) groups excluding carboxylic acids is 2. The number of benzene rings is 1. The van der Waals surface area contributed by atoms with Crippen LogP contribution in [0.15, 0.2) is 36.4 Å². The summed E-state index contributed by atoms with van der Waals surface area (Å²) in [4.78, 5) is 23.2.